The lowest BCUT2D eigenvalue weighted by Crippen LogP contribution is -1.97. The summed E-state index contributed by atoms with van der Waals surface area (Å²) in [6, 6.07) is 51.0. The van der Waals surface area contributed by atoms with Gasteiger partial charge in [0.25, 0.3) is 0 Å². The van der Waals surface area contributed by atoms with Crippen molar-refractivity contribution in [3.63, 3.8) is 0 Å². The van der Waals surface area contributed by atoms with Gasteiger partial charge >= 0.3 is 0 Å². The Labute approximate surface area is 259 Å². The molecule has 7 aromatic carbocycles. The summed E-state index contributed by atoms with van der Waals surface area (Å²) in [6.45, 7) is 5.25. The first-order valence-electron chi connectivity index (χ1n) is 15.3. The molecule has 0 atom stereocenters. The Morgan fingerprint density at radius 1 is 0.523 bits per heavy atom. The average molecular weight is 563 g/mol. The van der Waals surface area contributed by atoms with E-state index in [1.54, 1.807) is 6.08 Å². The molecule has 8 rings (SSSR count). The van der Waals surface area contributed by atoms with Crippen molar-refractivity contribution in [3.05, 3.63) is 181 Å². The molecule has 0 radical (unpaired) electrons. The van der Waals surface area contributed by atoms with E-state index in [-0.39, 0.29) is 0 Å². The molecule has 0 saturated carbocycles. The molecule has 1 aliphatic rings. The minimum atomic E-state index is 0.914. The smallest absolute Gasteiger partial charge is 0.00135 e. The molecule has 0 saturated heterocycles. The van der Waals surface area contributed by atoms with Gasteiger partial charge < -0.3 is 0 Å². The molecule has 1 aliphatic carbocycles. The topological polar surface area (TPSA) is 0 Å². The Bertz CT molecular complexity index is 2150. The lowest BCUT2D eigenvalue weighted by molar-refractivity contribution is 1.28. The van der Waals surface area contributed by atoms with Crippen molar-refractivity contribution >= 4 is 44.0 Å². The highest BCUT2D eigenvalue weighted by Gasteiger charge is 2.19. The molecule has 7 aromatic rings. The standard InChI is InChI=1S/C41H28.C3H6/c1-3-13-33-27-35(15-9-14-28(33)10-1)41-38-18-7-5-16-36(38)40(37-17-6-8-19-39(37)41)31-23-20-30(21-24-31)34-25-22-29-11-2-4-12-32(29)26-34;1-3-2/h1-26H,27H2;3H,1H2,2H3. The molecule has 0 aliphatic heterocycles. The van der Waals surface area contributed by atoms with Crippen molar-refractivity contribution in [2.45, 2.75) is 13.3 Å². The molecule has 0 heteroatoms. The number of fused-ring (bicyclic) bond motifs is 4. The summed E-state index contributed by atoms with van der Waals surface area (Å²) in [6.07, 6.45) is 9.42. The van der Waals surface area contributed by atoms with E-state index in [4.69, 9.17) is 0 Å². The minimum Gasteiger partial charge on any atom is -0.103 e. The van der Waals surface area contributed by atoms with Gasteiger partial charge in [-0.2, -0.15) is 0 Å². The molecule has 0 amide bonds. The molecule has 210 valence electrons. The van der Waals surface area contributed by atoms with Crippen molar-refractivity contribution in [3.8, 4) is 22.3 Å². The first kappa shape index (κ1) is 27.4. The fourth-order valence-corrected chi connectivity index (χ4v) is 6.55. The average Bonchev–Trinajstić information content (AvgIpc) is 3.30. The second-order valence-electron chi connectivity index (χ2n) is 11.3. The monoisotopic (exact) mass is 562 g/mol. The van der Waals surface area contributed by atoms with Gasteiger partial charge in [-0.05, 0) is 96.2 Å². The van der Waals surface area contributed by atoms with E-state index in [1.807, 2.05) is 6.92 Å². The molecule has 0 aromatic heterocycles. The van der Waals surface area contributed by atoms with Crippen LogP contribution in [0.1, 0.15) is 23.6 Å². The predicted molar refractivity (Wildman–Crippen MR) is 193 cm³/mol. The Morgan fingerprint density at radius 2 is 1.05 bits per heavy atom. The second kappa shape index (κ2) is 12.0. The van der Waals surface area contributed by atoms with Crippen LogP contribution in [0, 0.1) is 0 Å². The number of hydrogen-bond donors (Lipinski definition) is 0. The maximum Gasteiger partial charge on any atom is -0.00135 e. The van der Waals surface area contributed by atoms with Gasteiger partial charge in [-0.25, -0.2) is 0 Å². The number of benzene rings is 7. The lowest BCUT2D eigenvalue weighted by atomic mass is 9.84. The van der Waals surface area contributed by atoms with Crippen LogP contribution < -0.4 is 0 Å². The minimum absolute atomic E-state index is 0.914. The van der Waals surface area contributed by atoms with Gasteiger partial charge in [-0.15, -0.1) is 6.58 Å². The lowest BCUT2D eigenvalue weighted by Gasteiger charge is -2.19. The van der Waals surface area contributed by atoms with Crippen LogP contribution in [-0.4, -0.2) is 0 Å². The van der Waals surface area contributed by atoms with Crippen LogP contribution >= 0.6 is 0 Å². The van der Waals surface area contributed by atoms with Gasteiger partial charge in [-0.3, -0.25) is 0 Å². The fraction of sp³-hybridized carbons (Fsp3) is 0.0455. The van der Waals surface area contributed by atoms with Gasteiger partial charge in [0, 0.05) is 0 Å². The highest BCUT2D eigenvalue weighted by molar-refractivity contribution is 6.19. The van der Waals surface area contributed by atoms with Gasteiger partial charge in [-0.1, -0.05) is 158 Å². The molecule has 0 heterocycles. The SMILES string of the molecule is C1=Cc2ccccc2CC(c2c3ccccc3c(-c3ccc(-c4ccc5ccccc5c4)cc3)c3ccccc23)=C1.C=CC. The maximum atomic E-state index is 3.36. The van der Waals surface area contributed by atoms with E-state index >= 15 is 0 Å². The highest BCUT2D eigenvalue weighted by atomic mass is 14.2. The van der Waals surface area contributed by atoms with Crippen molar-refractivity contribution < 1.29 is 0 Å². The maximum absolute atomic E-state index is 3.36. The van der Waals surface area contributed by atoms with E-state index in [0.29, 0.717) is 0 Å². The molecular weight excluding hydrogens is 528 g/mol. The summed E-state index contributed by atoms with van der Waals surface area (Å²) < 4.78 is 0. The Morgan fingerprint density at radius 3 is 1.73 bits per heavy atom. The fourth-order valence-electron chi connectivity index (χ4n) is 6.55. The Kier molecular flexibility index (Phi) is 7.49. The van der Waals surface area contributed by atoms with Crippen LogP contribution in [0.15, 0.2) is 164 Å². The summed E-state index contributed by atoms with van der Waals surface area (Å²) >= 11 is 0. The normalized spacial score (nSPS) is 12.2. The summed E-state index contributed by atoms with van der Waals surface area (Å²) in [4.78, 5) is 0. The highest BCUT2D eigenvalue weighted by Crippen LogP contribution is 2.43. The zero-order valence-corrected chi connectivity index (χ0v) is 25.0. The molecule has 0 nitrogen and oxygen atoms in total. The zero-order chi connectivity index (χ0) is 29.9. The summed E-state index contributed by atoms with van der Waals surface area (Å²) in [7, 11) is 0. The van der Waals surface area contributed by atoms with Gasteiger partial charge in [0.15, 0.2) is 0 Å². The van der Waals surface area contributed by atoms with Gasteiger partial charge in [0.1, 0.15) is 0 Å². The first-order chi connectivity index (χ1) is 21.7. The van der Waals surface area contributed by atoms with Crippen molar-refractivity contribution in [2.24, 2.45) is 0 Å². The molecule has 0 N–H and O–H groups in total. The molecule has 0 bridgehead atoms. The largest absolute Gasteiger partial charge is 0.103 e. The molecule has 0 fully saturated rings. The summed E-state index contributed by atoms with van der Waals surface area (Å²) in [5.41, 5.74) is 10.4. The third-order valence-electron chi connectivity index (χ3n) is 8.52. The zero-order valence-electron chi connectivity index (χ0n) is 25.0. The first-order valence-corrected chi connectivity index (χ1v) is 15.3. The Balaban J connectivity index is 0.00000100. The molecule has 0 spiro atoms. The molecular formula is C44H34. The van der Waals surface area contributed by atoms with Crippen LogP contribution in [0.3, 0.4) is 0 Å². The van der Waals surface area contributed by atoms with Crippen LogP contribution in [0.5, 0.6) is 0 Å². The van der Waals surface area contributed by atoms with Crippen LogP contribution in [0.4, 0.5) is 0 Å². The van der Waals surface area contributed by atoms with Crippen LogP contribution in [-0.2, 0) is 6.42 Å². The van der Waals surface area contributed by atoms with Crippen molar-refractivity contribution in [1.29, 1.82) is 0 Å². The van der Waals surface area contributed by atoms with Crippen LogP contribution in [0.25, 0.3) is 66.2 Å². The van der Waals surface area contributed by atoms with E-state index in [0.717, 1.165) is 6.42 Å². The summed E-state index contributed by atoms with van der Waals surface area (Å²) in [5.74, 6) is 0. The van der Waals surface area contributed by atoms with Crippen molar-refractivity contribution in [2.75, 3.05) is 0 Å². The number of allylic oxidation sites excluding steroid dienone is 4. The Hall–Kier alpha value is -5.46. The van der Waals surface area contributed by atoms with E-state index in [1.165, 1.54) is 76.8 Å². The molecule has 0 unspecified atom stereocenters. The van der Waals surface area contributed by atoms with E-state index < -0.39 is 0 Å². The van der Waals surface area contributed by atoms with Crippen LogP contribution in [0.2, 0.25) is 0 Å². The molecule has 44 heavy (non-hydrogen) atoms. The van der Waals surface area contributed by atoms with E-state index in [9.17, 15) is 0 Å². The number of hydrogen-bond acceptors (Lipinski definition) is 0. The van der Waals surface area contributed by atoms with Gasteiger partial charge in [0.05, 0.1) is 0 Å². The van der Waals surface area contributed by atoms with Gasteiger partial charge in [0.2, 0.25) is 0 Å². The summed E-state index contributed by atoms with van der Waals surface area (Å²) in [5, 5.41) is 7.74. The van der Waals surface area contributed by atoms with Crippen molar-refractivity contribution in [1.82, 2.24) is 0 Å². The second-order valence-corrected chi connectivity index (χ2v) is 11.3. The third-order valence-corrected chi connectivity index (χ3v) is 8.52. The quantitative estimate of drug-likeness (QED) is 0.148. The number of rotatable bonds is 3. The third kappa shape index (κ3) is 5.06. The predicted octanol–water partition coefficient (Wildman–Crippen LogP) is 12.3. The van der Waals surface area contributed by atoms with E-state index in [2.05, 4.69) is 164 Å².